The fraction of sp³-hybridized carbons (Fsp3) is 0.750. The summed E-state index contributed by atoms with van der Waals surface area (Å²) in [4.78, 5) is 13.8. The minimum absolute atomic E-state index is 0.135. The Labute approximate surface area is 212 Å². The van der Waals surface area contributed by atoms with Crippen LogP contribution in [0.1, 0.15) is 98.6 Å². The van der Waals surface area contributed by atoms with Crippen LogP contribution in [0.4, 0.5) is 0 Å². The Balaban J connectivity index is 1.98. The second-order valence-corrected chi connectivity index (χ2v) is 14.2. The van der Waals surface area contributed by atoms with Crippen LogP contribution in [0.15, 0.2) is 23.1 Å². The van der Waals surface area contributed by atoms with E-state index in [0.717, 1.165) is 6.42 Å². The third-order valence-electron chi connectivity index (χ3n) is 6.09. The number of carbonyl (C=O) groups is 1. The van der Waals surface area contributed by atoms with Crippen molar-refractivity contribution in [2.75, 3.05) is 18.9 Å². The van der Waals surface area contributed by atoms with Crippen molar-refractivity contribution in [2.45, 2.75) is 120 Å². The molecule has 2 unspecified atom stereocenters. The van der Waals surface area contributed by atoms with Gasteiger partial charge in [-0.15, -0.1) is 23.5 Å². The Morgan fingerprint density at radius 3 is 2.12 bits per heavy atom. The normalized spacial score (nSPS) is 19.7. The molecule has 1 aliphatic carbocycles. The lowest BCUT2D eigenvalue weighted by molar-refractivity contribution is -0.118. The average molecular weight is 494 g/mol. The smallest absolute Gasteiger partial charge is 0.230 e. The number of benzene rings is 1. The molecule has 1 fully saturated rings. The first-order valence-electron chi connectivity index (χ1n) is 12.7. The van der Waals surface area contributed by atoms with Crippen molar-refractivity contribution < 1.29 is 9.53 Å². The van der Waals surface area contributed by atoms with Crippen LogP contribution in [0, 0.1) is 0 Å². The maximum absolute atomic E-state index is 12.4. The first-order chi connectivity index (χ1) is 15.4. The van der Waals surface area contributed by atoms with Crippen LogP contribution in [0.2, 0.25) is 0 Å². The van der Waals surface area contributed by atoms with E-state index in [4.69, 9.17) is 4.74 Å². The highest BCUT2D eigenvalue weighted by atomic mass is 32.2. The topological polar surface area (TPSA) is 38.3 Å². The molecule has 1 aromatic rings. The van der Waals surface area contributed by atoms with E-state index in [9.17, 15) is 4.79 Å². The van der Waals surface area contributed by atoms with E-state index in [0.29, 0.717) is 29.4 Å². The highest BCUT2D eigenvalue weighted by Crippen LogP contribution is 2.41. The number of rotatable bonds is 10. The number of hydrogen-bond acceptors (Lipinski definition) is 4. The minimum Gasteiger partial charge on any atom is -0.379 e. The monoisotopic (exact) mass is 493 g/mol. The average Bonchev–Trinajstić information content (AvgIpc) is 2.71. The maximum Gasteiger partial charge on any atom is 0.230 e. The van der Waals surface area contributed by atoms with Gasteiger partial charge in [0.1, 0.15) is 0 Å². The molecule has 2 rings (SSSR count). The maximum atomic E-state index is 12.4. The van der Waals surface area contributed by atoms with Crippen LogP contribution in [-0.2, 0) is 20.4 Å². The molecule has 0 aliphatic heterocycles. The summed E-state index contributed by atoms with van der Waals surface area (Å²) in [5.41, 5.74) is 3.10. The number of hydrogen-bond donors (Lipinski definition) is 1. The molecular weight excluding hydrogens is 446 g/mol. The molecule has 1 saturated carbocycles. The Hall–Kier alpha value is -0.650. The summed E-state index contributed by atoms with van der Waals surface area (Å²) in [5, 5.41) is 4.17. The van der Waals surface area contributed by atoms with Gasteiger partial charge in [0.2, 0.25) is 5.91 Å². The summed E-state index contributed by atoms with van der Waals surface area (Å²) in [5.74, 6) is 0.714. The molecule has 1 aromatic carbocycles. The molecule has 0 saturated heterocycles. The first-order valence-corrected chi connectivity index (χ1v) is 14.6. The van der Waals surface area contributed by atoms with Gasteiger partial charge in [0.25, 0.3) is 0 Å². The number of carbonyl (C=O) groups excluding carboxylic acids is 1. The zero-order chi connectivity index (χ0) is 24.6. The summed E-state index contributed by atoms with van der Waals surface area (Å²) in [6.45, 7) is 19.3. The third kappa shape index (κ3) is 10.2. The molecule has 2 atom stereocenters. The summed E-state index contributed by atoms with van der Waals surface area (Å²) >= 11 is 3.90. The van der Waals surface area contributed by atoms with Gasteiger partial charge in [-0.3, -0.25) is 4.79 Å². The van der Waals surface area contributed by atoms with Crippen LogP contribution in [-0.4, -0.2) is 41.4 Å². The Bertz CT molecular complexity index is 717. The molecule has 0 spiro atoms. The summed E-state index contributed by atoms with van der Waals surface area (Å²) in [7, 11) is 0. The molecular formula is C28H47NO2S2. The van der Waals surface area contributed by atoms with Crippen LogP contribution in [0.25, 0.3) is 0 Å². The summed E-state index contributed by atoms with van der Waals surface area (Å²) < 4.78 is 5.55. The molecule has 0 bridgehead atoms. The van der Waals surface area contributed by atoms with Crippen molar-refractivity contribution in [3.05, 3.63) is 29.3 Å². The molecule has 5 heteroatoms. The summed E-state index contributed by atoms with van der Waals surface area (Å²) in [6, 6.07) is 7.21. The molecule has 188 valence electrons. The first kappa shape index (κ1) is 28.6. The van der Waals surface area contributed by atoms with Gasteiger partial charge in [-0.05, 0) is 67.2 Å². The lowest BCUT2D eigenvalue weighted by atomic mass is 9.81. The number of nitrogens with one attached hydrogen (secondary N) is 1. The second-order valence-electron chi connectivity index (χ2n) is 11.7. The lowest BCUT2D eigenvalue weighted by Gasteiger charge is -2.32. The van der Waals surface area contributed by atoms with Crippen molar-refractivity contribution >= 4 is 29.4 Å². The van der Waals surface area contributed by atoms with Crippen molar-refractivity contribution in [1.82, 2.24) is 5.32 Å². The second kappa shape index (κ2) is 12.9. The van der Waals surface area contributed by atoms with Gasteiger partial charge in [0.05, 0.1) is 11.9 Å². The van der Waals surface area contributed by atoms with E-state index in [1.807, 2.05) is 37.4 Å². The van der Waals surface area contributed by atoms with Gasteiger partial charge in [-0.1, -0.05) is 60.5 Å². The minimum atomic E-state index is 0.135. The molecule has 33 heavy (non-hydrogen) atoms. The fourth-order valence-corrected chi connectivity index (χ4v) is 6.81. The zero-order valence-corrected chi connectivity index (χ0v) is 23.9. The molecule has 0 radical (unpaired) electrons. The molecule has 0 heterocycles. The van der Waals surface area contributed by atoms with Gasteiger partial charge < -0.3 is 10.1 Å². The van der Waals surface area contributed by atoms with Gasteiger partial charge >= 0.3 is 0 Å². The van der Waals surface area contributed by atoms with Gasteiger partial charge in [0, 0.05) is 28.5 Å². The van der Waals surface area contributed by atoms with E-state index in [-0.39, 0.29) is 22.8 Å². The zero-order valence-electron chi connectivity index (χ0n) is 22.3. The Morgan fingerprint density at radius 2 is 1.58 bits per heavy atom. The Morgan fingerprint density at radius 1 is 1.00 bits per heavy atom. The molecule has 0 aromatic heterocycles. The van der Waals surface area contributed by atoms with Gasteiger partial charge in [0.15, 0.2) is 0 Å². The van der Waals surface area contributed by atoms with Gasteiger partial charge in [-0.2, -0.15) is 0 Å². The molecule has 1 N–H and O–H groups in total. The van der Waals surface area contributed by atoms with Crippen LogP contribution < -0.4 is 5.32 Å². The highest BCUT2D eigenvalue weighted by molar-refractivity contribution is 8.04. The molecule has 3 nitrogen and oxygen atoms in total. The van der Waals surface area contributed by atoms with E-state index in [1.165, 1.54) is 41.7 Å². The number of thioether (sulfide) groups is 2. The van der Waals surface area contributed by atoms with Crippen molar-refractivity contribution in [1.29, 1.82) is 0 Å². The third-order valence-corrected chi connectivity index (χ3v) is 9.06. The van der Waals surface area contributed by atoms with Crippen molar-refractivity contribution in [3.8, 4) is 0 Å². The number of ether oxygens (including phenoxy) is 1. The molecule has 1 aliphatic rings. The molecule has 1 amide bonds. The largest absolute Gasteiger partial charge is 0.379 e. The quantitative estimate of drug-likeness (QED) is 0.346. The highest BCUT2D eigenvalue weighted by Gasteiger charge is 2.28. The fourth-order valence-electron chi connectivity index (χ4n) is 3.95. The van der Waals surface area contributed by atoms with E-state index in [1.54, 1.807) is 0 Å². The van der Waals surface area contributed by atoms with Gasteiger partial charge in [-0.25, -0.2) is 0 Å². The van der Waals surface area contributed by atoms with Crippen LogP contribution in [0.3, 0.4) is 0 Å². The number of amides is 1. The Kier molecular flexibility index (Phi) is 11.2. The predicted molar refractivity (Wildman–Crippen MR) is 147 cm³/mol. The predicted octanol–water partition coefficient (Wildman–Crippen LogP) is 7.35. The lowest BCUT2D eigenvalue weighted by Crippen LogP contribution is -2.30. The van der Waals surface area contributed by atoms with Crippen molar-refractivity contribution in [2.24, 2.45) is 0 Å². The SMILES string of the molecule is CC(C)OCCCNC(=O)CSC1CCCCC1Sc1cc(C(C)(C)C)cc(C(C)(C)C)c1. The van der Waals surface area contributed by atoms with Crippen LogP contribution in [0.5, 0.6) is 0 Å². The van der Waals surface area contributed by atoms with Crippen LogP contribution >= 0.6 is 23.5 Å². The standard InChI is InChI=1S/C28H47NO2S2/c1-20(2)31-15-11-14-29-26(30)19-32-24-12-9-10-13-25(24)33-23-17-21(27(3,4)5)16-22(18-23)28(6,7)8/h16-18,20,24-25H,9-15,19H2,1-8H3,(H,29,30). The van der Waals surface area contributed by atoms with E-state index >= 15 is 0 Å². The summed E-state index contributed by atoms with van der Waals surface area (Å²) in [6.07, 6.45) is 6.14. The van der Waals surface area contributed by atoms with Crippen molar-refractivity contribution in [3.63, 3.8) is 0 Å². The van der Waals surface area contributed by atoms with E-state index < -0.39 is 0 Å². The van der Waals surface area contributed by atoms with E-state index in [2.05, 4.69) is 65.1 Å².